The zero-order chi connectivity index (χ0) is 21.1. The Morgan fingerprint density at radius 3 is 2.60 bits per heavy atom. The third-order valence-electron chi connectivity index (χ3n) is 5.50. The number of fused-ring (bicyclic) bond motifs is 1. The first-order valence-corrected chi connectivity index (χ1v) is 10.2. The van der Waals surface area contributed by atoms with Crippen LogP contribution in [0.3, 0.4) is 0 Å². The zero-order valence-corrected chi connectivity index (χ0v) is 17.3. The van der Waals surface area contributed by atoms with Crippen molar-refractivity contribution in [3.8, 4) is 17.2 Å². The fourth-order valence-electron chi connectivity index (χ4n) is 3.77. The van der Waals surface area contributed by atoms with Gasteiger partial charge in [0, 0.05) is 24.7 Å². The summed E-state index contributed by atoms with van der Waals surface area (Å²) in [5.74, 6) is 1.81. The lowest BCUT2D eigenvalue weighted by atomic mass is 10.0. The average molecular weight is 410 g/mol. The molecule has 4 rings (SSSR count). The van der Waals surface area contributed by atoms with Crippen molar-refractivity contribution in [2.75, 3.05) is 26.5 Å². The van der Waals surface area contributed by atoms with E-state index in [2.05, 4.69) is 5.32 Å². The van der Waals surface area contributed by atoms with Gasteiger partial charge in [0.1, 0.15) is 5.75 Å². The summed E-state index contributed by atoms with van der Waals surface area (Å²) in [7, 11) is 0. The number of carbonyl (C=O) groups excluding carboxylic acids is 2. The van der Waals surface area contributed by atoms with Crippen molar-refractivity contribution < 1.29 is 23.8 Å². The molecule has 2 amide bonds. The molecule has 7 heteroatoms. The summed E-state index contributed by atoms with van der Waals surface area (Å²) in [6, 6.07) is 11.1. The summed E-state index contributed by atoms with van der Waals surface area (Å²) in [5.41, 5.74) is 2.73. The molecule has 0 aromatic heterocycles. The Hall–Kier alpha value is -3.22. The monoisotopic (exact) mass is 410 g/mol. The zero-order valence-electron chi connectivity index (χ0n) is 17.3. The van der Waals surface area contributed by atoms with E-state index in [4.69, 9.17) is 14.2 Å². The maximum Gasteiger partial charge on any atom is 0.260 e. The van der Waals surface area contributed by atoms with Crippen molar-refractivity contribution >= 4 is 11.8 Å². The van der Waals surface area contributed by atoms with Gasteiger partial charge in [-0.05, 0) is 56.5 Å². The smallest absolute Gasteiger partial charge is 0.260 e. The van der Waals surface area contributed by atoms with Crippen LogP contribution in [0.15, 0.2) is 36.4 Å². The maximum atomic E-state index is 12.5. The fraction of sp³-hybridized carbons (Fsp3) is 0.391. The number of benzene rings is 2. The van der Waals surface area contributed by atoms with Gasteiger partial charge in [-0.3, -0.25) is 9.59 Å². The van der Waals surface area contributed by atoms with E-state index in [1.807, 2.05) is 32.0 Å². The number of hydrogen-bond donors (Lipinski definition) is 1. The minimum Gasteiger partial charge on any atom is -0.484 e. The van der Waals surface area contributed by atoms with Crippen molar-refractivity contribution in [1.29, 1.82) is 0 Å². The summed E-state index contributed by atoms with van der Waals surface area (Å²) in [5, 5.41) is 3.05. The molecule has 0 atom stereocenters. The van der Waals surface area contributed by atoms with Gasteiger partial charge in [-0.25, -0.2) is 0 Å². The van der Waals surface area contributed by atoms with Crippen LogP contribution in [-0.4, -0.2) is 49.2 Å². The van der Waals surface area contributed by atoms with Crippen LogP contribution in [0.1, 0.15) is 34.3 Å². The van der Waals surface area contributed by atoms with Gasteiger partial charge < -0.3 is 24.4 Å². The van der Waals surface area contributed by atoms with Crippen LogP contribution >= 0.6 is 0 Å². The Morgan fingerprint density at radius 1 is 1.07 bits per heavy atom. The topological polar surface area (TPSA) is 77.1 Å². The summed E-state index contributed by atoms with van der Waals surface area (Å²) in [6.45, 7) is 5.40. The molecule has 0 radical (unpaired) electrons. The molecule has 30 heavy (non-hydrogen) atoms. The van der Waals surface area contributed by atoms with Crippen LogP contribution in [0, 0.1) is 13.8 Å². The number of aryl methyl sites for hydroxylation is 2. The van der Waals surface area contributed by atoms with E-state index in [0.717, 1.165) is 16.9 Å². The Kier molecular flexibility index (Phi) is 5.79. The predicted molar refractivity (Wildman–Crippen MR) is 111 cm³/mol. The quantitative estimate of drug-likeness (QED) is 0.820. The number of nitrogens with one attached hydrogen (secondary N) is 1. The van der Waals surface area contributed by atoms with Crippen LogP contribution in [0.25, 0.3) is 0 Å². The van der Waals surface area contributed by atoms with Crippen molar-refractivity contribution in [3.63, 3.8) is 0 Å². The van der Waals surface area contributed by atoms with E-state index in [1.54, 1.807) is 23.1 Å². The molecule has 1 fully saturated rings. The third kappa shape index (κ3) is 4.50. The first kappa shape index (κ1) is 20.1. The SMILES string of the molecule is Cc1ccc(OCC(=O)N2CCC(NC(=O)c3ccc4c(c3)OCO4)CC2)c(C)c1. The molecule has 0 aliphatic carbocycles. The van der Waals surface area contributed by atoms with Gasteiger partial charge >= 0.3 is 0 Å². The van der Waals surface area contributed by atoms with Gasteiger partial charge in [-0.2, -0.15) is 0 Å². The Balaban J connectivity index is 1.24. The second-order valence-electron chi connectivity index (χ2n) is 7.75. The number of ether oxygens (including phenoxy) is 3. The highest BCUT2D eigenvalue weighted by Crippen LogP contribution is 2.32. The first-order chi connectivity index (χ1) is 14.5. The molecule has 0 unspecified atom stereocenters. The molecule has 2 aliphatic heterocycles. The highest BCUT2D eigenvalue weighted by molar-refractivity contribution is 5.95. The normalized spacial score (nSPS) is 15.7. The van der Waals surface area contributed by atoms with Crippen LogP contribution in [0.2, 0.25) is 0 Å². The first-order valence-electron chi connectivity index (χ1n) is 10.2. The number of amides is 2. The van der Waals surface area contributed by atoms with Gasteiger partial charge in [-0.15, -0.1) is 0 Å². The molecule has 0 bridgehead atoms. The Bertz CT molecular complexity index is 951. The number of rotatable bonds is 5. The highest BCUT2D eigenvalue weighted by atomic mass is 16.7. The summed E-state index contributed by atoms with van der Waals surface area (Å²) in [6.07, 6.45) is 1.43. The maximum absolute atomic E-state index is 12.5. The van der Waals surface area contributed by atoms with Gasteiger partial charge in [-0.1, -0.05) is 17.7 Å². The molecule has 2 heterocycles. The highest BCUT2D eigenvalue weighted by Gasteiger charge is 2.25. The number of likely N-dealkylation sites (tertiary alicyclic amines) is 1. The molecule has 1 saturated heterocycles. The standard InChI is InChI=1S/C23H26N2O5/c1-15-3-5-19(16(2)11-15)28-13-22(26)25-9-7-18(8-10-25)24-23(27)17-4-6-20-21(12-17)30-14-29-20/h3-6,11-12,18H,7-10,13-14H2,1-2H3,(H,24,27). The fourth-order valence-corrected chi connectivity index (χ4v) is 3.77. The molecule has 1 N–H and O–H groups in total. The summed E-state index contributed by atoms with van der Waals surface area (Å²) < 4.78 is 16.3. The minimum absolute atomic E-state index is 0.0259. The molecule has 2 aromatic carbocycles. The lowest BCUT2D eigenvalue weighted by molar-refractivity contribution is -0.134. The number of nitrogens with zero attached hydrogens (tertiary/aromatic N) is 1. The third-order valence-corrected chi connectivity index (χ3v) is 5.50. The number of hydrogen-bond acceptors (Lipinski definition) is 5. The predicted octanol–water partition coefficient (Wildman–Crippen LogP) is 2.83. The molecule has 0 saturated carbocycles. The van der Waals surface area contributed by atoms with Crippen molar-refractivity contribution in [1.82, 2.24) is 10.2 Å². The van der Waals surface area contributed by atoms with Gasteiger partial charge in [0.25, 0.3) is 11.8 Å². The second kappa shape index (κ2) is 8.65. The summed E-state index contributed by atoms with van der Waals surface area (Å²) in [4.78, 5) is 26.8. The minimum atomic E-state index is -0.142. The molecular weight excluding hydrogens is 384 g/mol. The molecule has 2 aromatic rings. The van der Waals surface area contributed by atoms with E-state index in [9.17, 15) is 9.59 Å². The molecule has 0 spiro atoms. The molecule has 7 nitrogen and oxygen atoms in total. The van der Waals surface area contributed by atoms with E-state index in [-0.39, 0.29) is 31.3 Å². The molecule has 2 aliphatic rings. The van der Waals surface area contributed by atoms with Crippen molar-refractivity contribution in [2.24, 2.45) is 0 Å². The second-order valence-corrected chi connectivity index (χ2v) is 7.75. The van der Waals surface area contributed by atoms with Crippen LogP contribution < -0.4 is 19.5 Å². The van der Waals surface area contributed by atoms with Gasteiger partial charge in [0.2, 0.25) is 6.79 Å². The van der Waals surface area contributed by atoms with Crippen molar-refractivity contribution in [2.45, 2.75) is 32.7 Å². The molecular formula is C23H26N2O5. The van der Waals surface area contributed by atoms with Crippen molar-refractivity contribution in [3.05, 3.63) is 53.1 Å². The Labute approximate surface area is 175 Å². The van der Waals surface area contributed by atoms with Crippen LogP contribution in [0.4, 0.5) is 0 Å². The number of carbonyl (C=O) groups is 2. The van der Waals surface area contributed by atoms with Crippen LogP contribution in [-0.2, 0) is 4.79 Å². The van der Waals surface area contributed by atoms with E-state index >= 15 is 0 Å². The summed E-state index contributed by atoms with van der Waals surface area (Å²) >= 11 is 0. The van der Waals surface area contributed by atoms with E-state index in [1.165, 1.54) is 0 Å². The largest absolute Gasteiger partial charge is 0.484 e. The Morgan fingerprint density at radius 2 is 1.83 bits per heavy atom. The van der Waals surface area contributed by atoms with Crippen LogP contribution in [0.5, 0.6) is 17.2 Å². The van der Waals surface area contributed by atoms with E-state index < -0.39 is 0 Å². The van der Waals surface area contributed by atoms with E-state index in [0.29, 0.717) is 43.0 Å². The lowest BCUT2D eigenvalue weighted by Gasteiger charge is -2.32. The average Bonchev–Trinajstić information content (AvgIpc) is 3.21. The lowest BCUT2D eigenvalue weighted by Crippen LogP contribution is -2.47. The molecule has 158 valence electrons. The van der Waals surface area contributed by atoms with Gasteiger partial charge in [0.15, 0.2) is 18.1 Å². The van der Waals surface area contributed by atoms with Gasteiger partial charge in [0.05, 0.1) is 0 Å². The number of piperidine rings is 1.